The van der Waals surface area contributed by atoms with Crippen molar-refractivity contribution < 1.29 is 4.84 Å². The monoisotopic (exact) mass is 182 g/mol. The van der Waals surface area contributed by atoms with Gasteiger partial charge in [0.1, 0.15) is 10.9 Å². The van der Waals surface area contributed by atoms with Gasteiger partial charge in [-0.15, -0.1) is 11.3 Å². The Morgan fingerprint density at radius 2 is 2.50 bits per heavy atom. The van der Waals surface area contributed by atoms with Crippen molar-refractivity contribution in [2.24, 2.45) is 5.90 Å². The topological polar surface area (TPSA) is 59.0 Å². The van der Waals surface area contributed by atoms with E-state index in [0.29, 0.717) is 6.61 Å². The predicted molar refractivity (Wildman–Crippen MR) is 47.6 cm³/mol. The first-order valence-corrected chi connectivity index (χ1v) is 4.41. The lowest BCUT2D eigenvalue weighted by molar-refractivity contribution is 0.127. The standard InChI is InChI=1S/C8H10N2OS/c1-6(5-11-10)8-3-2-7(4-9)12-8/h2-3,6H,5,10H2,1H3. The zero-order valence-corrected chi connectivity index (χ0v) is 7.60. The second kappa shape index (κ2) is 4.21. The second-order valence-electron chi connectivity index (χ2n) is 2.55. The van der Waals surface area contributed by atoms with Crippen molar-refractivity contribution in [3.8, 4) is 6.07 Å². The van der Waals surface area contributed by atoms with Crippen LogP contribution in [0.4, 0.5) is 0 Å². The van der Waals surface area contributed by atoms with E-state index in [1.165, 1.54) is 11.3 Å². The van der Waals surface area contributed by atoms with E-state index in [2.05, 4.69) is 10.9 Å². The average molecular weight is 182 g/mol. The highest BCUT2D eigenvalue weighted by molar-refractivity contribution is 7.12. The Hall–Kier alpha value is -0.890. The first-order valence-electron chi connectivity index (χ1n) is 3.59. The predicted octanol–water partition coefficient (Wildman–Crippen LogP) is 1.61. The summed E-state index contributed by atoms with van der Waals surface area (Å²) in [4.78, 5) is 6.39. The van der Waals surface area contributed by atoms with Crippen molar-refractivity contribution in [1.82, 2.24) is 0 Å². The summed E-state index contributed by atoms with van der Waals surface area (Å²) in [6, 6.07) is 5.84. The highest BCUT2D eigenvalue weighted by Gasteiger charge is 2.07. The minimum atomic E-state index is 0.266. The number of hydrogen-bond donors (Lipinski definition) is 1. The highest BCUT2D eigenvalue weighted by atomic mass is 32.1. The molecule has 0 saturated carbocycles. The second-order valence-corrected chi connectivity index (χ2v) is 3.66. The summed E-state index contributed by atoms with van der Waals surface area (Å²) in [5.74, 6) is 5.21. The number of nitrogens with two attached hydrogens (primary N) is 1. The minimum absolute atomic E-state index is 0.266. The fourth-order valence-corrected chi connectivity index (χ4v) is 1.75. The van der Waals surface area contributed by atoms with Crippen molar-refractivity contribution in [2.75, 3.05) is 6.61 Å². The zero-order chi connectivity index (χ0) is 8.97. The van der Waals surface area contributed by atoms with Crippen molar-refractivity contribution in [1.29, 1.82) is 5.26 Å². The molecule has 1 rings (SSSR count). The van der Waals surface area contributed by atoms with Crippen molar-refractivity contribution in [3.63, 3.8) is 0 Å². The number of nitriles is 1. The van der Waals surface area contributed by atoms with Gasteiger partial charge in [0, 0.05) is 10.8 Å². The van der Waals surface area contributed by atoms with Gasteiger partial charge in [0.2, 0.25) is 0 Å². The Bertz CT molecular complexity index is 289. The van der Waals surface area contributed by atoms with E-state index >= 15 is 0 Å². The Balaban J connectivity index is 2.69. The van der Waals surface area contributed by atoms with Crippen LogP contribution < -0.4 is 5.90 Å². The fourth-order valence-electron chi connectivity index (χ4n) is 0.904. The summed E-state index contributed by atoms with van der Waals surface area (Å²) in [5.41, 5.74) is 0. The van der Waals surface area contributed by atoms with Crippen LogP contribution in [-0.2, 0) is 4.84 Å². The molecule has 1 atom stereocenters. The van der Waals surface area contributed by atoms with E-state index in [4.69, 9.17) is 11.2 Å². The van der Waals surface area contributed by atoms with Gasteiger partial charge in [-0.3, -0.25) is 0 Å². The van der Waals surface area contributed by atoms with E-state index in [1.807, 2.05) is 19.1 Å². The lowest BCUT2D eigenvalue weighted by Crippen LogP contribution is -2.07. The molecule has 1 aromatic heterocycles. The molecule has 0 bridgehead atoms. The van der Waals surface area contributed by atoms with Gasteiger partial charge in [-0.1, -0.05) is 6.92 Å². The molecule has 0 aliphatic carbocycles. The molecule has 0 spiro atoms. The van der Waals surface area contributed by atoms with Gasteiger partial charge in [-0.25, -0.2) is 5.90 Å². The van der Waals surface area contributed by atoms with Gasteiger partial charge in [-0.05, 0) is 12.1 Å². The molecule has 0 aliphatic rings. The Labute approximate surface area is 75.3 Å². The molecular weight excluding hydrogens is 172 g/mol. The average Bonchev–Trinajstić information content (AvgIpc) is 2.52. The largest absolute Gasteiger partial charge is 0.304 e. The Morgan fingerprint density at radius 1 is 1.75 bits per heavy atom. The Morgan fingerprint density at radius 3 is 3.00 bits per heavy atom. The first kappa shape index (κ1) is 9.20. The quantitative estimate of drug-likeness (QED) is 0.722. The van der Waals surface area contributed by atoms with Crippen LogP contribution in [0.15, 0.2) is 12.1 Å². The third-order valence-corrected chi connectivity index (χ3v) is 2.79. The summed E-state index contributed by atoms with van der Waals surface area (Å²) < 4.78 is 0. The molecule has 0 aromatic carbocycles. The number of rotatable bonds is 3. The van der Waals surface area contributed by atoms with Gasteiger partial charge < -0.3 is 4.84 Å². The highest BCUT2D eigenvalue weighted by Crippen LogP contribution is 2.23. The van der Waals surface area contributed by atoms with Crippen LogP contribution in [0.5, 0.6) is 0 Å². The molecule has 12 heavy (non-hydrogen) atoms. The van der Waals surface area contributed by atoms with Crippen molar-refractivity contribution in [3.05, 3.63) is 21.9 Å². The van der Waals surface area contributed by atoms with E-state index < -0.39 is 0 Å². The summed E-state index contributed by atoms with van der Waals surface area (Å²) >= 11 is 1.48. The molecule has 0 aliphatic heterocycles. The minimum Gasteiger partial charge on any atom is -0.304 e. The van der Waals surface area contributed by atoms with Gasteiger partial charge in [0.25, 0.3) is 0 Å². The third kappa shape index (κ3) is 2.05. The van der Waals surface area contributed by atoms with Crippen molar-refractivity contribution in [2.45, 2.75) is 12.8 Å². The summed E-state index contributed by atoms with van der Waals surface area (Å²) in [6.07, 6.45) is 0. The van der Waals surface area contributed by atoms with E-state index in [0.717, 1.165) is 9.75 Å². The summed E-state index contributed by atoms with van der Waals surface area (Å²) in [6.45, 7) is 2.51. The van der Waals surface area contributed by atoms with Crippen LogP contribution in [0.3, 0.4) is 0 Å². The lowest BCUT2D eigenvalue weighted by Gasteiger charge is -2.05. The molecule has 64 valence electrons. The maximum atomic E-state index is 8.57. The number of nitrogens with zero attached hydrogens (tertiary/aromatic N) is 1. The molecule has 0 saturated heterocycles. The first-order chi connectivity index (χ1) is 5.77. The molecule has 0 amide bonds. The molecular formula is C8H10N2OS. The molecule has 0 fully saturated rings. The molecule has 4 heteroatoms. The molecule has 3 nitrogen and oxygen atoms in total. The van der Waals surface area contributed by atoms with Crippen LogP contribution >= 0.6 is 11.3 Å². The van der Waals surface area contributed by atoms with Crippen LogP contribution in [0.1, 0.15) is 22.6 Å². The fraction of sp³-hybridized carbons (Fsp3) is 0.375. The van der Waals surface area contributed by atoms with Crippen LogP contribution in [-0.4, -0.2) is 6.61 Å². The number of thiophene rings is 1. The van der Waals surface area contributed by atoms with Gasteiger partial charge >= 0.3 is 0 Å². The Kier molecular flexibility index (Phi) is 3.23. The van der Waals surface area contributed by atoms with E-state index in [-0.39, 0.29) is 5.92 Å². The maximum absolute atomic E-state index is 8.57. The van der Waals surface area contributed by atoms with Gasteiger partial charge in [0.15, 0.2) is 0 Å². The van der Waals surface area contributed by atoms with E-state index in [9.17, 15) is 0 Å². The van der Waals surface area contributed by atoms with Crippen LogP contribution in [0, 0.1) is 11.3 Å². The number of hydrogen-bond acceptors (Lipinski definition) is 4. The van der Waals surface area contributed by atoms with E-state index in [1.54, 1.807) is 0 Å². The van der Waals surface area contributed by atoms with Crippen LogP contribution in [0.25, 0.3) is 0 Å². The molecule has 1 heterocycles. The zero-order valence-electron chi connectivity index (χ0n) is 6.78. The molecule has 1 unspecified atom stereocenters. The third-order valence-electron chi connectivity index (χ3n) is 1.57. The van der Waals surface area contributed by atoms with Crippen LogP contribution in [0.2, 0.25) is 0 Å². The van der Waals surface area contributed by atoms with Gasteiger partial charge in [-0.2, -0.15) is 5.26 Å². The maximum Gasteiger partial charge on any atom is 0.110 e. The molecule has 2 N–H and O–H groups in total. The SMILES string of the molecule is CC(CON)c1ccc(C#N)s1. The van der Waals surface area contributed by atoms with Gasteiger partial charge in [0.05, 0.1) is 6.61 Å². The summed E-state index contributed by atoms with van der Waals surface area (Å²) in [7, 11) is 0. The molecule has 1 aromatic rings. The normalized spacial score (nSPS) is 12.4. The summed E-state index contributed by atoms with van der Waals surface area (Å²) in [5, 5.41) is 8.57. The molecule has 0 radical (unpaired) electrons. The smallest absolute Gasteiger partial charge is 0.110 e. The van der Waals surface area contributed by atoms with Crippen molar-refractivity contribution >= 4 is 11.3 Å². The lowest BCUT2D eigenvalue weighted by atomic mass is 10.1.